The summed E-state index contributed by atoms with van der Waals surface area (Å²) in [5.41, 5.74) is 6.00. The topological polar surface area (TPSA) is 94.2 Å². The van der Waals surface area contributed by atoms with Gasteiger partial charge >= 0.3 is 0 Å². The first-order valence-electron chi connectivity index (χ1n) is 8.61. The molecule has 27 heavy (non-hydrogen) atoms. The highest BCUT2D eigenvalue weighted by Crippen LogP contribution is 2.27. The van der Waals surface area contributed by atoms with Crippen molar-refractivity contribution in [1.82, 2.24) is 24.5 Å². The third-order valence-electron chi connectivity index (χ3n) is 4.37. The molecule has 4 aromatic rings. The fourth-order valence-corrected chi connectivity index (χ4v) is 2.93. The predicted molar refractivity (Wildman–Crippen MR) is 102 cm³/mol. The number of hydrogen-bond donors (Lipinski definition) is 1. The Morgan fingerprint density at radius 1 is 1.11 bits per heavy atom. The Morgan fingerprint density at radius 3 is 2.56 bits per heavy atom. The van der Waals surface area contributed by atoms with Crippen molar-refractivity contribution in [2.24, 2.45) is 5.92 Å². The monoisotopic (exact) mass is 362 g/mol. The van der Waals surface area contributed by atoms with Crippen molar-refractivity contribution in [2.45, 2.75) is 20.8 Å². The molecule has 0 aliphatic heterocycles. The van der Waals surface area contributed by atoms with Crippen molar-refractivity contribution >= 4 is 22.6 Å². The number of amides is 1. The molecule has 0 aliphatic carbocycles. The Morgan fingerprint density at radius 2 is 1.85 bits per heavy atom. The molecule has 0 aliphatic rings. The molecule has 0 atom stereocenters. The molecule has 0 unspecified atom stereocenters. The van der Waals surface area contributed by atoms with Gasteiger partial charge in [-0.05, 0) is 18.6 Å². The summed E-state index contributed by atoms with van der Waals surface area (Å²) >= 11 is 0. The molecule has 1 amide bonds. The fraction of sp³-hybridized carbons (Fsp3) is 0.211. The summed E-state index contributed by atoms with van der Waals surface area (Å²) in [6.45, 7) is 5.40. The van der Waals surface area contributed by atoms with Gasteiger partial charge in [-0.25, -0.2) is 9.19 Å². The van der Waals surface area contributed by atoms with Gasteiger partial charge in [-0.1, -0.05) is 44.2 Å². The lowest BCUT2D eigenvalue weighted by Crippen LogP contribution is -2.35. The van der Waals surface area contributed by atoms with E-state index >= 15 is 0 Å². The number of aromatic nitrogens is 5. The molecule has 1 N–H and O–H groups in total. The average molecular weight is 362 g/mol. The number of nitrogens with one attached hydrogen (secondary N) is 1. The number of carbonyl (C=O) groups excluding carboxylic acids is 1. The zero-order chi connectivity index (χ0) is 19.1. The van der Waals surface area contributed by atoms with Crippen LogP contribution in [0.1, 0.15) is 19.5 Å². The maximum atomic E-state index is 12.7. The van der Waals surface area contributed by atoms with Crippen molar-refractivity contribution in [3.63, 3.8) is 0 Å². The number of hydrogen-bond acceptors (Lipinski definition) is 5. The smallest absolute Gasteiger partial charge is 0.273 e. The minimum absolute atomic E-state index is 0.135. The van der Waals surface area contributed by atoms with Crippen LogP contribution in [0.3, 0.4) is 0 Å². The summed E-state index contributed by atoms with van der Waals surface area (Å²) in [5, 5.41) is 12.9. The van der Waals surface area contributed by atoms with Gasteiger partial charge in [0.1, 0.15) is 5.52 Å². The highest BCUT2D eigenvalue weighted by molar-refractivity contribution is 5.86. The number of rotatable bonds is 3. The molecule has 3 aromatic heterocycles. The lowest BCUT2D eigenvalue weighted by molar-refractivity contribution is -0.119. The van der Waals surface area contributed by atoms with E-state index in [1.165, 1.54) is 6.20 Å². The number of carbonyl (C=O) groups is 1. The van der Waals surface area contributed by atoms with Gasteiger partial charge in [0.15, 0.2) is 11.2 Å². The number of pyridine rings is 1. The zero-order valence-electron chi connectivity index (χ0n) is 15.2. The van der Waals surface area contributed by atoms with Crippen LogP contribution in [-0.2, 0) is 4.79 Å². The standard InChI is InChI=1S/C19H18N6O2/c1-11(2)18(26)23-24-10-9-14-16(19(24)27)20-21-17-15(12(3)22-25(14)17)13-7-5-4-6-8-13/h4-11H,1-3H3,(H,23,26). The van der Waals surface area contributed by atoms with E-state index in [1.54, 1.807) is 24.4 Å². The van der Waals surface area contributed by atoms with E-state index in [2.05, 4.69) is 20.7 Å². The first-order valence-corrected chi connectivity index (χ1v) is 8.61. The van der Waals surface area contributed by atoms with Gasteiger partial charge in [0, 0.05) is 12.1 Å². The summed E-state index contributed by atoms with van der Waals surface area (Å²) in [5.74, 6) is -0.504. The van der Waals surface area contributed by atoms with Gasteiger partial charge in [0.25, 0.3) is 5.56 Å². The SMILES string of the molecule is Cc1nn2c(nnc3c(=O)n(NC(=O)C(C)C)ccc32)c1-c1ccccc1. The Bertz CT molecular complexity index is 1220. The van der Waals surface area contributed by atoms with Crippen LogP contribution >= 0.6 is 0 Å². The zero-order valence-corrected chi connectivity index (χ0v) is 15.2. The molecule has 0 saturated carbocycles. The van der Waals surface area contributed by atoms with Crippen LogP contribution in [0.2, 0.25) is 0 Å². The number of fused-ring (bicyclic) bond motifs is 3. The Labute approximate surface area is 154 Å². The minimum Gasteiger partial charge on any atom is -0.273 e. The maximum absolute atomic E-state index is 12.7. The van der Waals surface area contributed by atoms with Crippen molar-refractivity contribution in [3.8, 4) is 11.1 Å². The molecule has 0 bridgehead atoms. The van der Waals surface area contributed by atoms with Gasteiger partial charge in [-0.15, -0.1) is 10.2 Å². The summed E-state index contributed by atoms with van der Waals surface area (Å²) in [6.07, 6.45) is 1.51. The molecule has 4 rings (SSSR count). The van der Waals surface area contributed by atoms with Crippen LogP contribution in [0, 0.1) is 12.8 Å². The summed E-state index contributed by atoms with van der Waals surface area (Å²) in [4.78, 5) is 24.6. The first kappa shape index (κ1) is 16.9. The lowest BCUT2D eigenvalue weighted by atomic mass is 10.1. The Kier molecular flexibility index (Phi) is 3.95. The second kappa shape index (κ2) is 6.31. The highest BCUT2D eigenvalue weighted by Gasteiger charge is 2.18. The van der Waals surface area contributed by atoms with Gasteiger partial charge in [0.2, 0.25) is 5.91 Å². The molecule has 0 fully saturated rings. The molecule has 0 spiro atoms. The van der Waals surface area contributed by atoms with Crippen LogP contribution in [0.15, 0.2) is 47.4 Å². The molecule has 136 valence electrons. The fourth-order valence-electron chi connectivity index (χ4n) is 2.93. The third kappa shape index (κ3) is 2.75. The number of benzene rings is 1. The van der Waals surface area contributed by atoms with Crippen molar-refractivity contribution in [3.05, 3.63) is 58.6 Å². The summed E-state index contributed by atoms with van der Waals surface area (Å²) in [7, 11) is 0. The molecule has 3 heterocycles. The minimum atomic E-state index is -0.453. The lowest BCUT2D eigenvalue weighted by Gasteiger charge is -2.10. The van der Waals surface area contributed by atoms with Crippen molar-refractivity contribution < 1.29 is 4.79 Å². The van der Waals surface area contributed by atoms with E-state index in [1.807, 2.05) is 37.3 Å². The average Bonchev–Trinajstić information content (AvgIpc) is 3.00. The van der Waals surface area contributed by atoms with Gasteiger partial charge in [0.05, 0.1) is 11.3 Å². The number of aryl methyl sites for hydroxylation is 1. The van der Waals surface area contributed by atoms with Crippen LogP contribution in [0.5, 0.6) is 0 Å². The van der Waals surface area contributed by atoms with Crippen molar-refractivity contribution in [1.29, 1.82) is 0 Å². The van der Waals surface area contributed by atoms with Gasteiger partial charge < -0.3 is 0 Å². The number of nitrogens with zero attached hydrogens (tertiary/aromatic N) is 5. The second-order valence-corrected chi connectivity index (χ2v) is 6.62. The van der Waals surface area contributed by atoms with E-state index < -0.39 is 5.56 Å². The van der Waals surface area contributed by atoms with Gasteiger partial charge in [-0.2, -0.15) is 5.10 Å². The molecule has 8 nitrogen and oxygen atoms in total. The van der Waals surface area contributed by atoms with Crippen LogP contribution in [0.4, 0.5) is 0 Å². The van der Waals surface area contributed by atoms with E-state index in [-0.39, 0.29) is 17.3 Å². The maximum Gasteiger partial charge on any atom is 0.299 e. The molecule has 8 heteroatoms. The molecule has 0 saturated heterocycles. The van der Waals surface area contributed by atoms with Crippen molar-refractivity contribution in [2.75, 3.05) is 5.43 Å². The van der Waals surface area contributed by atoms with E-state index in [9.17, 15) is 9.59 Å². The molecular weight excluding hydrogens is 344 g/mol. The predicted octanol–water partition coefficient (Wildman–Crippen LogP) is 2.14. The highest BCUT2D eigenvalue weighted by atomic mass is 16.2. The molecule has 0 radical (unpaired) electrons. The largest absolute Gasteiger partial charge is 0.299 e. The second-order valence-electron chi connectivity index (χ2n) is 6.62. The Hall–Kier alpha value is -3.55. The Balaban J connectivity index is 1.92. The van der Waals surface area contributed by atoms with Crippen LogP contribution in [0.25, 0.3) is 27.8 Å². The quantitative estimate of drug-likeness (QED) is 0.603. The third-order valence-corrected chi connectivity index (χ3v) is 4.37. The van der Waals surface area contributed by atoms with E-state index in [0.717, 1.165) is 21.5 Å². The summed E-state index contributed by atoms with van der Waals surface area (Å²) < 4.78 is 2.75. The van der Waals surface area contributed by atoms with Crippen LogP contribution in [-0.4, -0.2) is 30.4 Å². The van der Waals surface area contributed by atoms with Crippen LogP contribution < -0.4 is 11.0 Å². The van der Waals surface area contributed by atoms with E-state index in [4.69, 9.17) is 0 Å². The normalized spacial score (nSPS) is 11.4. The molecular formula is C19H18N6O2. The molecule has 1 aromatic carbocycles. The summed E-state index contributed by atoms with van der Waals surface area (Å²) in [6, 6.07) is 11.5. The van der Waals surface area contributed by atoms with E-state index in [0.29, 0.717) is 11.2 Å². The van der Waals surface area contributed by atoms with Gasteiger partial charge in [-0.3, -0.25) is 15.0 Å². The first-order chi connectivity index (χ1) is 13.0.